The summed E-state index contributed by atoms with van der Waals surface area (Å²) in [5, 5.41) is 0. The van der Waals surface area contributed by atoms with Crippen molar-refractivity contribution in [3.05, 3.63) is 46.1 Å². The highest BCUT2D eigenvalue weighted by atomic mass is 14.2. The maximum absolute atomic E-state index is 2.35. The summed E-state index contributed by atoms with van der Waals surface area (Å²) < 4.78 is 0. The molecule has 0 atom stereocenters. The number of hydrogen-bond acceptors (Lipinski definition) is 0. The highest BCUT2D eigenvalue weighted by molar-refractivity contribution is 5.57. The quantitative estimate of drug-likeness (QED) is 0.562. The first-order valence-corrected chi connectivity index (χ1v) is 4.94. The lowest BCUT2D eigenvalue weighted by Crippen LogP contribution is -1.89. The van der Waals surface area contributed by atoms with Gasteiger partial charge in [0, 0.05) is 0 Å². The first-order chi connectivity index (χ1) is 6.20. The molecule has 0 saturated heterocycles. The van der Waals surface area contributed by atoms with Gasteiger partial charge in [0.15, 0.2) is 0 Å². The topological polar surface area (TPSA) is 0 Å². The van der Waals surface area contributed by atoms with Crippen LogP contribution in [0.3, 0.4) is 0 Å². The summed E-state index contributed by atoms with van der Waals surface area (Å²) in [6, 6.07) is 0. The van der Waals surface area contributed by atoms with Gasteiger partial charge in [-0.1, -0.05) is 23.8 Å². The molecule has 0 fully saturated rings. The zero-order chi connectivity index (χ0) is 9.42. The molecule has 0 aromatic heterocycles. The van der Waals surface area contributed by atoms with Crippen LogP contribution in [0.5, 0.6) is 0 Å². The van der Waals surface area contributed by atoms with E-state index in [0.29, 0.717) is 0 Å². The van der Waals surface area contributed by atoms with Gasteiger partial charge in [0.2, 0.25) is 0 Å². The second-order valence-corrected chi connectivity index (χ2v) is 3.94. The predicted octanol–water partition coefficient (Wildman–Crippen LogP) is 3.93. The summed E-state index contributed by atoms with van der Waals surface area (Å²) in [5.74, 6) is 0. The maximum Gasteiger partial charge on any atom is -0.00830 e. The summed E-state index contributed by atoms with van der Waals surface area (Å²) in [6.45, 7) is 6.66. The van der Waals surface area contributed by atoms with E-state index < -0.39 is 0 Å². The number of allylic oxidation sites excluding steroid dienone is 8. The Morgan fingerprint density at radius 2 is 1.69 bits per heavy atom. The molecule has 0 unspecified atom stereocenters. The molecule has 68 valence electrons. The third kappa shape index (κ3) is 1.31. The standard InChI is InChI=1S/C13H16/c1-9-7-8-13(11(9)3)12-6-4-5-10(12)2/h5-7H,4,8H2,1-3H3. The smallest absolute Gasteiger partial charge is 0.00830 e. The highest BCUT2D eigenvalue weighted by Crippen LogP contribution is 2.36. The van der Waals surface area contributed by atoms with Crippen molar-refractivity contribution in [1.29, 1.82) is 0 Å². The molecular formula is C13H16. The summed E-state index contributed by atoms with van der Waals surface area (Å²) in [4.78, 5) is 0. The maximum atomic E-state index is 2.35. The third-order valence-electron chi connectivity index (χ3n) is 3.15. The minimum atomic E-state index is 1.12. The van der Waals surface area contributed by atoms with Crippen molar-refractivity contribution in [3.8, 4) is 0 Å². The van der Waals surface area contributed by atoms with Gasteiger partial charge < -0.3 is 0 Å². The molecule has 2 aliphatic rings. The molecule has 0 amide bonds. The zero-order valence-electron chi connectivity index (χ0n) is 8.65. The van der Waals surface area contributed by atoms with E-state index in [9.17, 15) is 0 Å². The Labute approximate surface area is 80.3 Å². The first kappa shape index (κ1) is 8.55. The van der Waals surface area contributed by atoms with Crippen LogP contribution >= 0.6 is 0 Å². The minimum Gasteiger partial charge on any atom is -0.0772 e. The number of hydrogen-bond donors (Lipinski definition) is 0. The lowest BCUT2D eigenvalue weighted by atomic mass is 9.97. The summed E-state index contributed by atoms with van der Waals surface area (Å²) >= 11 is 0. The van der Waals surface area contributed by atoms with Gasteiger partial charge in [-0.25, -0.2) is 0 Å². The fourth-order valence-corrected chi connectivity index (χ4v) is 2.10. The van der Waals surface area contributed by atoms with Crippen molar-refractivity contribution in [3.63, 3.8) is 0 Å². The molecule has 0 heterocycles. The van der Waals surface area contributed by atoms with Crippen LogP contribution in [0, 0.1) is 0 Å². The Morgan fingerprint density at radius 3 is 2.15 bits per heavy atom. The van der Waals surface area contributed by atoms with Crippen LogP contribution in [0.1, 0.15) is 33.6 Å². The zero-order valence-corrected chi connectivity index (χ0v) is 8.65. The molecule has 0 aromatic rings. The summed E-state index contributed by atoms with van der Waals surface area (Å²) in [7, 11) is 0. The van der Waals surface area contributed by atoms with E-state index in [0.717, 1.165) is 12.8 Å². The molecule has 0 aromatic carbocycles. The average Bonchev–Trinajstić information content (AvgIpc) is 2.62. The van der Waals surface area contributed by atoms with Gasteiger partial charge in [0.1, 0.15) is 0 Å². The Morgan fingerprint density at radius 1 is 0.923 bits per heavy atom. The third-order valence-corrected chi connectivity index (χ3v) is 3.15. The highest BCUT2D eigenvalue weighted by Gasteiger charge is 2.16. The normalized spacial score (nSPS) is 21.9. The molecule has 0 spiro atoms. The first-order valence-electron chi connectivity index (χ1n) is 4.94. The van der Waals surface area contributed by atoms with Gasteiger partial charge in [-0.2, -0.15) is 0 Å². The fraction of sp³-hybridized carbons (Fsp3) is 0.385. The summed E-state index contributed by atoms with van der Waals surface area (Å²) in [6.07, 6.45) is 9.24. The molecule has 0 N–H and O–H groups in total. The Balaban J connectivity index is 2.35. The monoisotopic (exact) mass is 172 g/mol. The Bertz CT molecular complexity index is 359. The van der Waals surface area contributed by atoms with Crippen molar-refractivity contribution < 1.29 is 0 Å². The van der Waals surface area contributed by atoms with Gasteiger partial charge in [-0.05, 0) is 55.9 Å². The van der Waals surface area contributed by atoms with Crippen LogP contribution in [0.4, 0.5) is 0 Å². The largest absolute Gasteiger partial charge is 0.0772 e. The lowest BCUT2D eigenvalue weighted by Gasteiger charge is -2.07. The fourth-order valence-electron chi connectivity index (χ4n) is 2.10. The lowest BCUT2D eigenvalue weighted by molar-refractivity contribution is 1.22. The van der Waals surface area contributed by atoms with E-state index in [4.69, 9.17) is 0 Å². The second kappa shape index (κ2) is 3.02. The van der Waals surface area contributed by atoms with E-state index in [1.807, 2.05) is 0 Å². The van der Waals surface area contributed by atoms with E-state index in [1.54, 1.807) is 5.57 Å². The number of rotatable bonds is 1. The van der Waals surface area contributed by atoms with Gasteiger partial charge in [-0.15, -0.1) is 0 Å². The molecule has 0 nitrogen and oxygen atoms in total. The SMILES string of the molecule is CC1=CCC=C1C1=C(C)C(C)=CC1. The van der Waals surface area contributed by atoms with Crippen LogP contribution in [-0.4, -0.2) is 0 Å². The van der Waals surface area contributed by atoms with Crippen LogP contribution in [0.15, 0.2) is 46.1 Å². The minimum absolute atomic E-state index is 1.12. The Kier molecular flexibility index (Phi) is 1.99. The van der Waals surface area contributed by atoms with Gasteiger partial charge >= 0.3 is 0 Å². The van der Waals surface area contributed by atoms with E-state index >= 15 is 0 Å². The molecule has 0 saturated carbocycles. The van der Waals surface area contributed by atoms with Gasteiger partial charge in [0.05, 0.1) is 0 Å². The van der Waals surface area contributed by atoms with Crippen molar-refractivity contribution >= 4 is 0 Å². The molecule has 0 bridgehead atoms. The Hall–Kier alpha value is -1.04. The van der Waals surface area contributed by atoms with Crippen molar-refractivity contribution in [2.75, 3.05) is 0 Å². The molecule has 0 aliphatic heterocycles. The van der Waals surface area contributed by atoms with Crippen molar-refractivity contribution in [2.45, 2.75) is 33.6 Å². The van der Waals surface area contributed by atoms with E-state index in [-0.39, 0.29) is 0 Å². The van der Waals surface area contributed by atoms with Crippen LogP contribution in [0.25, 0.3) is 0 Å². The van der Waals surface area contributed by atoms with Gasteiger partial charge in [-0.3, -0.25) is 0 Å². The van der Waals surface area contributed by atoms with E-state index in [1.165, 1.54) is 22.3 Å². The summed E-state index contributed by atoms with van der Waals surface area (Å²) in [5.41, 5.74) is 7.43. The van der Waals surface area contributed by atoms with Crippen molar-refractivity contribution in [2.24, 2.45) is 0 Å². The van der Waals surface area contributed by atoms with E-state index in [2.05, 4.69) is 39.0 Å². The molecule has 0 radical (unpaired) electrons. The predicted molar refractivity (Wildman–Crippen MR) is 57.5 cm³/mol. The van der Waals surface area contributed by atoms with Crippen LogP contribution < -0.4 is 0 Å². The molecular weight excluding hydrogens is 156 g/mol. The molecule has 2 aliphatic carbocycles. The molecule has 2 rings (SSSR count). The van der Waals surface area contributed by atoms with Crippen molar-refractivity contribution in [1.82, 2.24) is 0 Å². The van der Waals surface area contributed by atoms with Crippen LogP contribution in [0.2, 0.25) is 0 Å². The van der Waals surface area contributed by atoms with Crippen LogP contribution in [-0.2, 0) is 0 Å². The average molecular weight is 172 g/mol. The molecule has 13 heavy (non-hydrogen) atoms. The van der Waals surface area contributed by atoms with Gasteiger partial charge in [0.25, 0.3) is 0 Å². The molecule has 0 heteroatoms. The second-order valence-electron chi connectivity index (χ2n) is 3.94.